The molecule has 75 heavy (non-hydrogen) atoms. The van der Waals surface area contributed by atoms with E-state index in [1.165, 1.54) is 48.5 Å². The van der Waals surface area contributed by atoms with E-state index in [2.05, 4.69) is 22.5 Å². The third-order valence-electron chi connectivity index (χ3n) is 13.4. The molecule has 410 valence electrons. The lowest BCUT2D eigenvalue weighted by Crippen LogP contribution is -2.28. The van der Waals surface area contributed by atoms with Gasteiger partial charge in [-0.15, -0.1) is 0 Å². The van der Waals surface area contributed by atoms with Gasteiger partial charge in [0.2, 0.25) is 11.6 Å². The van der Waals surface area contributed by atoms with E-state index in [4.69, 9.17) is 14.2 Å². The van der Waals surface area contributed by atoms with Crippen LogP contribution < -0.4 is 15.0 Å². The van der Waals surface area contributed by atoms with Crippen molar-refractivity contribution in [3.05, 3.63) is 119 Å². The minimum Gasteiger partial charge on any atom is -0.457 e. The van der Waals surface area contributed by atoms with Crippen LogP contribution in [0.1, 0.15) is 96.6 Å². The average Bonchev–Trinajstić information content (AvgIpc) is 3.67. The number of benzene rings is 3. The van der Waals surface area contributed by atoms with Crippen LogP contribution in [-0.4, -0.2) is 119 Å². The van der Waals surface area contributed by atoms with Crippen molar-refractivity contribution in [1.82, 2.24) is 5.32 Å². The molecule has 0 bridgehead atoms. The molecule has 3 aliphatic rings. The number of unbranched alkanes of at least 4 members (excludes halogenated alkanes) is 3. The smallest absolute Gasteiger partial charge is 0.294 e. The number of hydrogen-bond acceptors (Lipinski definition) is 14. The molecular weight excluding hydrogens is 1070 g/mol. The maximum atomic E-state index is 12.6. The fourth-order valence-corrected chi connectivity index (χ4v) is 11.7. The standard InChI is InChI=1S/C51H65N3O16S5/c1-50(2)42-33-40(74(62,63)64)20-22-44(42)53(27-7-5-6-13-48(55)52-26-29-68-30-31-69-35-71)46(50)24-14-36-11-10-12-37(49(36)70-38-16-18-39(19-17-38)73(59,60)61)15-25-47-51(3,4)43-34-41(75(65,66)67)21-23-45(43)54(47)28-8-9-32-72(56,57)58/h14-25,33-34H,5-13,26-32,35H2,1-4H3,(H5-,52,55,56,57,58,59,60,61,62,63,64,65,66,67,71)/p+1. The van der Waals surface area contributed by atoms with Crippen molar-refractivity contribution in [3.8, 4) is 5.75 Å². The van der Waals surface area contributed by atoms with Crippen LogP contribution in [0.25, 0.3) is 0 Å². The van der Waals surface area contributed by atoms with Gasteiger partial charge in [-0.25, -0.2) is 0 Å². The van der Waals surface area contributed by atoms with Crippen molar-refractivity contribution >= 4 is 76.1 Å². The Morgan fingerprint density at radius 1 is 0.720 bits per heavy atom. The minimum absolute atomic E-state index is 0.0963. The number of anilines is 1. The fraction of sp³-hybridized carbons (Fsp3) is 0.451. The summed E-state index contributed by atoms with van der Waals surface area (Å²) in [6.45, 7) is 10.0. The monoisotopic (exact) mass is 1140 g/mol. The second-order valence-electron chi connectivity index (χ2n) is 19.4. The number of carbonyl (C=O) groups is 1. The lowest BCUT2D eigenvalue weighted by molar-refractivity contribution is -0.438. The van der Waals surface area contributed by atoms with Gasteiger partial charge in [0.25, 0.3) is 40.5 Å². The first kappa shape index (κ1) is 59.5. The molecule has 0 saturated heterocycles. The summed E-state index contributed by atoms with van der Waals surface area (Å²) in [6, 6.07) is 14.1. The fourth-order valence-electron chi connectivity index (χ4n) is 9.54. The van der Waals surface area contributed by atoms with Gasteiger partial charge in [-0.05, 0) is 142 Å². The number of allylic oxidation sites excluding steroid dienone is 7. The number of nitrogens with one attached hydrogen (secondary N) is 1. The molecule has 5 N–H and O–H groups in total. The molecule has 0 radical (unpaired) electrons. The minimum atomic E-state index is -4.57. The highest BCUT2D eigenvalue weighted by Gasteiger charge is 2.45. The molecule has 2 heterocycles. The zero-order valence-corrected chi connectivity index (χ0v) is 46.4. The van der Waals surface area contributed by atoms with Crippen molar-refractivity contribution in [1.29, 1.82) is 0 Å². The van der Waals surface area contributed by atoms with E-state index in [0.29, 0.717) is 118 Å². The molecule has 3 aromatic rings. The number of thiol groups is 1. The van der Waals surface area contributed by atoms with Crippen LogP contribution in [-0.2, 0) is 65.6 Å². The van der Waals surface area contributed by atoms with E-state index < -0.39 is 57.1 Å². The molecule has 0 saturated carbocycles. The summed E-state index contributed by atoms with van der Waals surface area (Å²) in [6.07, 6.45) is 12.1. The zero-order chi connectivity index (χ0) is 55.0. The number of amides is 1. The Balaban J connectivity index is 1.38. The number of hydrogen-bond donors (Lipinski definition) is 6. The third-order valence-corrected chi connectivity index (χ3v) is 16.9. The van der Waals surface area contributed by atoms with Gasteiger partial charge in [-0.1, -0.05) is 19.9 Å². The van der Waals surface area contributed by atoms with E-state index in [-0.39, 0.29) is 39.3 Å². The van der Waals surface area contributed by atoms with Gasteiger partial charge in [0.15, 0.2) is 5.71 Å². The van der Waals surface area contributed by atoms with Crippen molar-refractivity contribution in [2.45, 2.75) is 111 Å². The Labute approximate surface area is 445 Å². The highest BCUT2D eigenvalue weighted by molar-refractivity contribution is 7.86. The quantitative estimate of drug-likeness (QED) is 0.0147. The molecule has 19 nitrogen and oxygen atoms in total. The molecule has 1 aliphatic carbocycles. The summed E-state index contributed by atoms with van der Waals surface area (Å²) in [5.74, 6) is 0.451. The van der Waals surface area contributed by atoms with Crippen molar-refractivity contribution < 1.29 is 75.5 Å². The predicted octanol–water partition coefficient (Wildman–Crippen LogP) is 7.75. The van der Waals surface area contributed by atoms with Gasteiger partial charge in [0.1, 0.15) is 18.1 Å². The van der Waals surface area contributed by atoms with Gasteiger partial charge >= 0.3 is 0 Å². The molecule has 3 aromatic carbocycles. The molecular formula is C51H66N3O16S5+. The first-order chi connectivity index (χ1) is 35.1. The Hall–Kier alpha value is -4.73. The molecule has 0 unspecified atom stereocenters. The number of rotatable bonds is 26. The lowest BCUT2D eigenvalue weighted by Gasteiger charge is -2.27. The van der Waals surface area contributed by atoms with E-state index in [0.717, 1.165) is 22.5 Å². The molecule has 6 rings (SSSR count). The summed E-state index contributed by atoms with van der Waals surface area (Å²) in [7, 11) is -17.9. The van der Waals surface area contributed by atoms with Gasteiger partial charge in [-0.2, -0.15) is 50.9 Å². The first-order valence-corrected chi connectivity index (χ1v) is 30.9. The summed E-state index contributed by atoms with van der Waals surface area (Å²) in [4.78, 5) is 13.6. The Bertz CT molecular complexity index is 3240. The molecule has 0 fully saturated rings. The molecule has 0 atom stereocenters. The SMILES string of the molecule is CC1(C)C(/C=C/C2=C(Oc3ccc(S(=O)(=O)O)cc3)C(=C/C=C3/N(CCCCS(=O)(=O)O)c4ccc(S(=O)(=O)O)cc4C3(C)C)/CCC2)=[N+](CCCCCC(=O)NCCOCCOCS)c2ccc(S(=O)(=O)O)cc21. The Morgan fingerprint density at radius 2 is 1.36 bits per heavy atom. The zero-order valence-electron chi connectivity index (χ0n) is 42.3. The average molecular weight is 1140 g/mol. The molecule has 24 heteroatoms. The van der Waals surface area contributed by atoms with Crippen LogP contribution in [0.2, 0.25) is 0 Å². The van der Waals surface area contributed by atoms with Gasteiger partial charge in [0, 0.05) is 60.4 Å². The maximum Gasteiger partial charge on any atom is 0.294 e. The van der Waals surface area contributed by atoms with Crippen molar-refractivity contribution in [2.24, 2.45) is 0 Å². The summed E-state index contributed by atoms with van der Waals surface area (Å²) in [5.41, 5.74) is 4.00. The van der Waals surface area contributed by atoms with Crippen LogP contribution in [0.15, 0.2) is 122 Å². The largest absolute Gasteiger partial charge is 0.457 e. The van der Waals surface area contributed by atoms with Crippen LogP contribution in [0.5, 0.6) is 5.75 Å². The highest BCUT2D eigenvalue weighted by Crippen LogP contribution is 2.49. The molecule has 0 spiro atoms. The van der Waals surface area contributed by atoms with E-state index in [1.54, 1.807) is 12.1 Å². The third kappa shape index (κ3) is 15.5. The van der Waals surface area contributed by atoms with E-state index in [1.807, 2.05) is 56.9 Å². The van der Waals surface area contributed by atoms with Crippen molar-refractivity contribution in [3.63, 3.8) is 0 Å². The Morgan fingerprint density at radius 3 is 2.01 bits per heavy atom. The number of fused-ring (bicyclic) bond motifs is 2. The van der Waals surface area contributed by atoms with E-state index in [9.17, 15) is 56.7 Å². The topological polar surface area (TPSA) is 281 Å². The van der Waals surface area contributed by atoms with Crippen LogP contribution in [0.3, 0.4) is 0 Å². The van der Waals surface area contributed by atoms with Crippen LogP contribution >= 0.6 is 12.6 Å². The number of ether oxygens (including phenoxy) is 3. The van der Waals surface area contributed by atoms with E-state index >= 15 is 0 Å². The lowest BCUT2D eigenvalue weighted by atomic mass is 9.81. The Kier molecular flexibility index (Phi) is 19.6. The molecule has 0 aromatic heterocycles. The normalized spacial score (nSPS) is 17.9. The maximum absolute atomic E-state index is 12.6. The molecule has 2 aliphatic heterocycles. The van der Waals surface area contributed by atoms with Crippen LogP contribution in [0, 0.1) is 0 Å². The van der Waals surface area contributed by atoms with Gasteiger partial charge in [0.05, 0.1) is 51.6 Å². The number of carbonyl (C=O) groups excluding carboxylic acids is 1. The van der Waals surface area contributed by atoms with Gasteiger partial charge < -0.3 is 24.4 Å². The summed E-state index contributed by atoms with van der Waals surface area (Å²) < 4.78 is 155. The predicted molar refractivity (Wildman–Crippen MR) is 287 cm³/mol. The summed E-state index contributed by atoms with van der Waals surface area (Å²) >= 11 is 3.98. The van der Waals surface area contributed by atoms with Gasteiger partial charge in [-0.3, -0.25) is 23.0 Å². The second-order valence-corrected chi connectivity index (χ2v) is 25.5. The number of nitrogens with zero attached hydrogens (tertiary/aromatic N) is 2. The second kappa shape index (κ2) is 24.7. The van der Waals surface area contributed by atoms with Crippen molar-refractivity contribution in [2.75, 3.05) is 56.0 Å². The molecule has 1 amide bonds. The first-order valence-electron chi connectivity index (χ1n) is 24.4. The highest BCUT2D eigenvalue weighted by atomic mass is 32.2. The van der Waals surface area contributed by atoms with Crippen LogP contribution in [0.4, 0.5) is 11.4 Å². The summed E-state index contributed by atoms with van der Waals surface area (Å²) in [5, 5.41) is 2.86.